The van der Waals surface area contributed by atoms with Gasteiger partial charge in [0.25, 0.3) is 11.8 Å². The van der Waals surface area contributed by atoms with Gasteiger partial charge in [-0.2, -0.15) is 4.31 Å². The van der Waals surface area contributed by atoms with Crippen molar-refractivity contribution in [2.45, 2.75) is 32.1 Å². The number of benzene rings is 2. The van der Waals surface area contributed by atoms with Gasteiger partial charge in [0.15, 0.2) is 0 Å². The maximum Gasteiger partial charge on any atom is 0.255 e. The van der Waals surface area contributed by atoms with Gasteiger partial charge in [-0.05, 0) is 42.8 Å². The highest BCUT2D eigenvalue weighted by atomic mass is 35.5. The molecule has 32 heavy (non-hydrogen) atoms. The van der Waals surface area contributed by atoms with E-state index in [0.717, 1.165) is 6.42 Å². The lowest BCUT2D eigenvalue weighted by atomic mass is 10.1. The molecule has 0 unspecified atom stereocenters. The van der Waals surface area contributed by atoms with E-state index in [-0.39, 0.29) is 40.2 Å². The van der Waals surface area contributed by atoms with Gasteiger partial charge in [-0.15, -0.1) is 0 Å². The molecule has 0 bridgehead atoms. The molecule has 2 N–H and O–H groups in total. The maximum atomic E-state index is 13.0. The maximum absolute atomic E-state index is 13.0. The van der Waals surface area contributed by atoms with Crippen molar-refractivity contribution < 1.29 is 22.7 Å². The highest BCUT2D eigenvalue weighted by Gasteiger charge is 2.27. The van der Waals surface area contributed by atoms with E-state index in [4.69, 9.17) is 16.3 Å². The molecule has 0 radical (unpaired) electrons. The summed E-state index contributed by atoms with van der Waals surface area (Å²) in [7, 11) is -2.47. The van der Waals surface area contributed by atoms with Gasteiger partial charge in [-0.1, -0.05) is 32.4 Å². The van der Waals surface area contributed by atoms with Crippen molar-refractivity contribution in [2.75, 3.05) is 32.1 Å². The van der Waals surface area contributed by atoms with Crippen molar-refractivity contribution >= 4 is 39.1 Å². The molecule has 2 aromatic carbocycles. The summed E-state index contributed by atoms with van der Waals surface area (Å²) in [5.74, 6) is -0.669. The number of methoxy groups -OCH3 is 1. The number of hydrogen-bond donors (Lipinski definition) is 2. The van der Waals surface area contributed by atoms with E-state index in [0.29, 0.717) is 17.8 Å². The zero-order chi connectivity index (χ0) is 23.9. The van der Waals surface area contributed by atoms with Crippen LogP contribution in [0, 0.1) is 0 Å². The number of carbonyl (C=O) groups is 2. The summed E-state index contributed by atoms with van der Waals surface area (Å²) in [6.07, 6.45) is 0.797. The number of rotatable bonds is 10. The van der Waals surface area contributed by atoms with Crippen molar-refractivity contribution in [3.05, 3.63) is 52.5 Å². The lowest BCUT2D eigenvalue weighted by Gasteiger charge is -2.20. The van der Waals surface area contributed by atoms with E-state index >= 15 is 0 Å². The number of ether oxygens (including phenoxy) is 1. The minimum absolute atomic E-state index is 0.0858. The Hall–Kier alpha value is -2.62. The van der Waals surface area contributed by atoms with Crippen LogP contribution in [0.2, 0.25) is 5.02 Å². The predicted molar refractivity (Wildman–Crippen MR) is 125 cm³/mol. The third kappa shape index (κ3) is 5.79. The molecule has 0 heterocycles. The molecule has 0 aromatic heterocycles. The molecular weight excluding hydrogens is 454 g/mol. The third-order valence-corrected chi connectivity index (χ3v) is 7.14. The molecule has 174 valence electrons. The van der Waals surface area contributed by atoms with Crippen LogP contribution in [0.1, 0.15) is 47.9 Å². The molecule has 0 saturated carbocycles. The first-order valence-electron chi connectivity index (χ1n) is 10.3. The summed E-state index contributed by atoms with van der Waals surface area (Å²) >= 11 is 6.21. The van der Waals surface area contributed by atoms with Gasteiger partial charge in [0, 0.05) is 30.9 Å². The van der Waals surface area contributed by atoms with Crippen LogP contribution in [0.3, 0.4) is 0 Å². The fourth-order valence-electron chi connectivity index (χ4n) is 3.04. The highest BCUT2D eigenvalue weighted by molar-refractivity contribution is 7.89. The van der Waals surface area contributed by atoms with Gasteiger partial charge in [0.2, 0.25) is 10.0 Å². The number of anilines is 1. The predicted octanol–water partition coefficient (Wildman–Crippen LogP) is 3.77. The Morgan fingerprint density at radius 2 is 1.72 bits per heavy atom. The molecule has 0 aliphatic carbocycles. The lowest BCUT2D eigenvalue weighted by molar-refractivity contribution is 0.0953. The van der Waals surface area contributed by atoms with Crippen molar-refractivity contribution in [3.63, 3.8) is 0 Å². The Bertz CT molecular complexity index is 1080. The van der Waals surface area contributed by atoms with E-state index < -0.39 is 15.9 Å². The van der Waals surface area contributed by atoms with E-state index in [2.05, 4.69) is 10.6 Å². The van der Waals surface area contributed by atoms with Gasteiger partial charge in [0.1, 0.15) is 10.6 Å². The summed E-state index contributed by atoms with van der Waals surface area (Å²) in [5.41, 5.74) is 0.809. The fourth-order valence-corrected chi connectivity index (χ4v) is 4.94. The van der Waals surface area contributed by atoms with Crippen LogP contribution >= 0.6 is 11.6 Å². The number of nitrogens with zero attached hydrogens (tertiary/aromatic N) is 1. The van der Waals surface area contributed by atoms with Crippen LogP contribution in [0.15, 0.2) is 41.3 Å². The van der Waals surface area contributed by atoms with E-state index in [1.54, 1.807) is 19.9 Å². The SMILES string of the molecule is CCCNC(=O)c1ccc(NC(=O)c2ccc(OC)c(S(=O)(=O)N(CC)CC)c2)cc1Cl. The fraction of sp³-hybridized carbons (Fsp3) is 0.364. The van der Waals surface area contributed by atoms with Gasteiger partial charge in [0.05, 0.1) is 17.7 Å². The summed E-state index contributed by atoms with van der Waals surface area (Å²) < 4.78 is 32.5. The standard InChI is InChI=1S/C22H28ClN3O5S/c1-5-12-24-22(28)17-10-9-16(14-18(17)23)25-21(27)15-8-11-19(31-4)20(13-15)32(29,30)26(6-2)7-3/h8-11,13-14H,5-7,12H2,1-4H3,(H,24,28)(H,25,27). The number of carbonyl (C=O) groups excluding carboxylic acids is 2. The Morgan fingerprint density at radius 1 is 1.03 bits per heavy atom. The molecule has 2 amide bonds. The smallest absolute Gasteiger partial charge is 0.255 e. The van der Waals surface area contributed by atoms with Crippen LogP contribution in [0.4, 0.5) is 5.69 Å². The number of nitrogens with one attached hydrogen (secondary N) is 2. The number of hydrogen-bond acceptors (Lipinski definition) is 5. The van der Waals surface area contributed by atoms with E-state index in [1.165, 1.54) is 41.7 Å². The lowest BCUT2D eigenvalue weighted by Crippen LogP contribution is -2.31. The second-order valence-corrected chi connectivity index (χ2v) is 9.17. The largest absolute Gasteiger partial charge is 0.495 e. The van der Waals surface area contributed by atoms with Gasteiger partial charge in [-0.25, -0.2) is 8.42 Å². The Labute approximate surface area is 193 Å². The normalized spacial score (nSPS) is 11.3. The number of amides is 2. The van der Waals surface area contributed by atoms with Crippen LogP contribution in [0.5, 0.6) is 5.75 Å². The average Bonchev–Trinajstić information content (AvgIpc) is 2.77. The number of sulfonamides is 1. The van der Waals surface area contributed by atoms with Crippen LogP contribution < -0.4 is 15.4 Å². The summed E-state index contributed by atoms with van der Waals surface area (Å²) in [6, 6.07) is 8.76. The Morgan fingerprint density at radius 3 is 2.28 bits per heavy atom. The topological polar surface area (TPSA) is 105 Å². The highest BCUT2D eigenvalue weighted by Crippen LogP contribution is 2.28. The van der Waals surface area contributed by atoms with E-state index in [9.17, 15) is 18.0 Å². The molecular formula is C22H28ClN3O5S. The quantitative estimate of drug-likeness (QED) is 0.537. The first-order valence-corrected chi connectivity index (χ1v) is 12.1. The minimum atomic E-state index is -3.84. The van der Waals surface area contributed by atoms with Crippen molar-refractivity contribution in [3.8, 4) is 5.75 Å². The van der Waals surface area contributed by atoms with Gasteiger partial charge >= 0.3 is 0 Å². The molecule has 8 nitrogen and oxygen atoms in total. The summed E-state index contributed by atoms with van der Waals surface area (Å²) in [4.78, 5) is 24.8. The summed E-state index contributed by atoms with van der Waals surface area (Å²) in [5, 5.41) is 5.61. The second-order valence-electron chi connectivity index (χ2n) is 6.86. The first-order chi connectivity index (χ1) is 15.2. The molecule has 2 aromatic rings. The molecule has 0 saturated heterocycles. The van der Waals surface area contributed by atoms with Gasteiger partial charge < -0.3 is 15.4 Å². The van der Waals surface area contributed by atoms with Crippen LogP contribution in [-0.2, 0) is 10.0 Å². The Kier molecular flexibility index (Phi) is 9.06. The Balaban J connectivity index is 2.31. The third-order valence-electron chi connectivity index (χ3n) is 4.76. The second kappa shape index (κ2) is 11.3. The molecule has 2 rings (SSSR count). The molecule has 0 spiro atoms. The minimum Gasteiger partial charge on any atom is -0.495 e. The molecule has 0 fully saturated rings. The monoisotopic (exact) mass is 481 g/mol. The van der Waals surface area contributed by atoms with Crippen molar-refractivity contribution in [1.82, 2.24) is 9.62 Å². The van der Waals surface area contributed by atoms with E-state index in [1.807, 2.05) is 6.92 Å². The average molecular weight is 482 g/mol. The zero-order valence-corrected chi connectivity index (χ0v) is 20.1. The van der Waals surface area contributed by atoms with Crippen molar-refractivity contribution in [2.24, 2.45) is 0 Å². The van der Waals surface area contributed by atoms with Crippen LogP contribution in [0.25, 0.3) is 0 Å². The zero-order valence-electron chi connectivity index (χ0n) is 18.6. The van der Waals surface area contributed by atoms with Crippen LogP contribution in [-0.4, -0.2) is 51.3 Å². The molecule has 0 atom stereocenters. The summed E-state index contributed by atoms with van der Waals surface area (Å²) in [6.45, 7) is 6.52. The first kappa shape index (κ1) is 25.6. The molecule has 0 aliphatic heterocycles. The number of halogens is 1. The molecule has 0 aliphatic rings. The molecule has 10 heteroatoms. The van der Waals surface area contributed by atoms with Crippen molar-refractivity contribution in [1.29, 1.82) is 0 Å². The van der Waals surface area contributed by atoms with Gasteiger partial charge in [-0.3, -0.25) is 9.59 Å².